The van der Waals surface area contributed by atoms with E-state index in [-0.39, 0.29) is 10.6 Å². The number of nitro benzene ring substituents is 1. The number of nitrogens with zero attached hydrogens (tertiary/aromatic N) is 2. The number of hydrogen-bond donors (Lipinski definition) is 0. The lowest BCUT2D eigenvalue weighted by atomic mass is 9.79. The molecule has 0 fully saturated rings. The first-order valence-electron chi connectivity index (χ1n) is 9.72. The predicted molar refractivity (Wildman–Crippen MR) is 113 cm³/mol. The molecule has 0 saturated carbocycles. The fourth-order valence-corrected chi connectivity index (χ4v) is 4.61. The average Bonchev–Trinajstić information content (AvgIpc) is 2.73. The van der Waals surface area contributed by atoms with E-state index in [1.807, 2.05) is 12.1 Å². The predicted octanol–water partition coefficient (Wildman–Crippen LogP) is 6.40. The second-order valence-electron chi connectivity index (χ2n) is 7.63. The highest BCUT2D eigenvalue weighted by Crippen LogP contribution is 2.42. The number of non-ortho nitro benzene ring substituents is 1. The van der Waals surface area contributed by atoms with Crippen molar-refractivity contribution in [2.75, 3.05) is 0 Å². The number of benzene rings is 3. The van der Waals surface area contributed by atoms with Gasteiger partial charge in [-0.25, -0.2) is 4.98 Å². The molecule has 5 rings (SSSR count). The maximum absolute atomic E-state index is 11.0. The molecule has 3 aromatic carbocycles. The molecular weight excluding hydrogens is 348 g/mol. The minimum atomic E-state index is -0.360. The lowest BCUT2D eigenvalue weighted by molar-refractivity contribution is -0.384. The molecule has 28 heavy (non-hydrogen) atoms. The van der Waals surface area contributed by atoms with E-state index in [0.29, 0.717) is 5.92 Å². The van der Waals surface area contributed by atoms with Crippen LogP contribution in [0, 0.1) is 10.1 Å². The van der Waals surface area contributed by atoms with Crippen LogP contribution in [-0.2, 0) is 6.42 Å². The van der Waals surface area contributed by atoms with Gasteiger partial charge in [-0.1, -0.05) is 37.3 Å². The fourth-order valence-electron chi connectivity index (χ4n) is 4.61. The highest BCUT2D eigenvalue weighted by atomic mass is 16.6. The molecule has 1 heterocycles. The highest BCUT2D eigenvalue weighted by Gasteiger charge is 2.25. The molecule has 1 aliphatic rings. The molecule has 1 aliphatic carbocycles. The number of aromatic nitrogens is 1. The van der Waals surface area contributed by atoms with Gasteiger partial charge in [-0.3, -0.25) is 10.1 Å². The van der Waals surface area contributed by atoms with Gasteiger partial charge in [0.2, 0.25) is 0 Å². The molecule has 0 saturated heterocycles. The SMILES string of the molecule is CC1CCCc2c(-c3ccc([N+](=O)[O-])cc3)nc3ccc4ccccc4c3c21. The minimum absolute atomic E-state index is 0.109. The summed E-state index contributed by atoms with van der Waals surface area (Å²) in [5.41, 5.74) is 5.74. The van der Waals surface area contributed by atoms with Crippen LogP contribution in [0.15, 0.2) is 60.7 Å². The molecular formula is C24H20N2O2. The quantitative estimate of drug-likeness (QED) is 0.234. The smallest absolute Gasteiger partial charge is 0.258 e. The fraction of sp³-hybridized carbons (Fsp3) is 0.208. The van der Waals surface area contributed by atoms with Crippen LogP contribution in [0.4, 0.5) is 5.69 Å². The van der Waals surface area contributed by atoms with E-state index in [4.69, 9.17) is 4.98 Å². The van der Waals surface area contributed by atoms with Crippen LogP contribution in [0.2, 0.25) is 0 Å². The van der Waals surface area contributed by atoms with Gasteiger partial charge in [0.15, 0.2) is 0 Å². The molecule has 0 amide bonds. The normalized spacial score (nSPS) is 16.2. The highest BCUT2D eigenvalue weighted by molar-refractivity contribution is 6.09. The minimum Gasteiger partial charge on any atom is -0.258 e. The maximum Gasteiger partial charge on any atom is 0.269 e. The van der Waals surface area contributed by atoms with Crippen molar-refractivity contribution in [2.24, 2.45) is 0 Å². The van der Waals surface area contributed by atoms with E-state index < -0.39 is 0 Å². The van der Waals surface area contributed by atoms with E-state index in [2.05, 4.69) is 43.3 Å². The summed E-state index contributed by atoms with van der Waals surface area (Å²) >= 11 is 0. The molecule has 138 valence electrons. The molecule has 0 bridgehead atoms. The van der Waals surface area contributed by atoms with Crippen LogP contribution in [0.1, 0.15) is 36.8 Å². The van der Waals surface area contributed by atoms with Crippen molar-refractivity contribution in [3.8, 4) is 11.3 Å². The van der Waals surface area contributed by atoms with Crippen molar-refractivity contribution < 1.29 is 4.92 Å². The second kappa shape index (κ2) is 6.41. The van der Waals surface area contributed by atoms with Gasteiger partial charge in [-0.05, 0) is 65.3 Å². The zero-order valence-corrected chi connectivity index (χ0v) is 15.7. The summed E-state index contributed by atoms with van der Waals surface area (Å²) in [4.78, 5) is 15.7. The molecule has 0 N–H and O–H groups in total. The lowest BCUT2D eigenvalue weighted by Gasteiger charge is -2.27. The van der Waals surface area contributed by atoms with Crippen molar-refractivity contribution in [1.29, 1.82) is 0 Å². The van der Waals surface area contributed by atoms with Gasteiger partial charge in [0.1, 0.15) is 0 Å². The van der Waals surface area contributed by atoms with Gasteiger partial charge < -0.3 is 0 Å². The van der Waals surface area contributed by atoms with E-state index in [1.165, 1.54) is 33.7 Å². The van der Waals surface area contributed by atoms with Gasteiger partial charge in [0.05, 0.1) is 16.1 Å². The first-order chi connectivity index (χ1) is 13.6. The Morgan fingerprint density at radius 1 is 1.04 bits per heavy atom. The molecule has 1 aromatic heterocycles. The zero-order valence-electron chi connectivity index (χ0n) is 15.7. The van der Waals surface area contributed by atoms with Crippen molar-refractivity contribution >= 4 is 27.4 Å². The van der Waals surface area contributed by atoms with E-state index in [0.717, 1.165) is 29.6 Å². The lowest BCUT2D eigenvalue weighted by Crippen LogP contribution is -2.11. The third-order valence-electron chi connectivity index (χ3n) is 5.93. The van der Waals surface area contributed by atoms with Crippen LogP contribution in [0.5, 0.6) is 0 Å². The standard InChI is InChI=1S/C24H20N2O2/c1-15-5-4-8-20-22(15)23-19-7-3-2-6-16(19)11-14-21(23)25-24(20)17-9-12-18(13-10-17)26(27)28/h2-3,6-7,9-15H,4-5,8H2,1H3. The number of pyridine rings is 1. The van der Waals surface area contributed by atoms with E-state index in [9.17, 15) is 10.1 Å². The van der Waals surface area contributed by atoms with E-state index in [1.54, 1.807) is 12.1 Å². The molecule has 4 nitrogen and oxygen atoms in total. The van der Waals surface area contributed by atoms with Gasteiger partial charge >= 0.3 is 0 Å². The maximum atomic E-state index is 11.0. The third kappa shape index (κ3) is 2.56. The monoisotopic (exact) mass is 368 g/mol. The number of rotatable bonds is 2. The molecule has 4 aromatic rings. The first-order valence-corrected chi connectivity index (χ1v) is 9.72. The van der Waals surface area contributed by atoms with Gasteiger partial charge in [0, 0.05) is 23.1 Å². The van der Waals surface area contributed by atoms with Gasteiger partial charge in [0.25, 0.3) is 5.69 Å². The Bertz CT molecular complexity index is 1230. The summed E-state index contributed by atoms with van der Waals surface area (Å²) in [7, 11) is 0. The molecule has 4 heteroatoms. The van der Waals surface area contributed by atoms with Crippen molar-refractivity contribution in [2.45, 2.75) is 32.1 Å². The van der Waals surface area contributed by atoms with Crippen LogP contribution >= 0.6 is 0 Å². The Morgan fingerprint density at radius 2 is 1.82 bits per heavy atom. The Kier molecular flexibility index (Phi) is 3.86. The summed E-state index contributed by atoms with van der Waals surface area (Å²) in [5.74, 6) is 0.469. The van der Waals surface area contributed by atoms with Crippen molar-refractivity contribution in [1.82, 2.24) is 4.98 Å². The van der Waals surface area contributed by atoms with Gasteiger partial charge in [-0.15, -0.1) is 0 Å². The zero-order chi connectivity index (χ0) is 19.3. The molecule has 1 unspecified atom stereocenters. The molecule has 0 radical (unpaired) electrons. The topological polar surface area (TPSA) is 56.0 Å². The second-order valence-corrected chi connectivity index (χ2v) is 7.63. The van der Waals surface area contributed by atoms with Crippen LogP contribution < -0.4 is 0 Å². The van der Waals surface area contributed by atoms with Crippen LogP contribution in [-0.4, -0.2) is 9.91 Å². The average molecular weight is 368 g/mol. The van der Waals surface area contributed by atoms with Crippen LogP contribution in [0.25, 0.3) is 32.9 Å². The van der Waals surface area contributed by atoms with Gasteiger partial charge in [-0.2, -0.15) is 0 Å². The largest absolute Gasteiger partial charge is 0.269 e. The number of hydrogen-bond acceptors (Lipinski definition) is 3. The summed E-state index contributed by atoms with van der Waals surface area (Å²) in [6.07, 6.45) is 3.32. The molecule has 0 aliphatic heterocycles. The van der Waals surface area contributed by atoms with E-state index >= 15 is 0 Å². The molecule has 1 atom stereocenters. The Morgan fingerprint density at radius 3 is 2.61 bits per heavy atom. The summed E-state index contributed by atoms with van der Waals surface area (Å²) < 4.78 is 0. The number of fused-ring (bicyclic) bond motifs is 5. The Labute approximate surface area is 163 Å². The summed E-state index contributed by atoms with van der Waals surface area (Å²) in [6.45, 7) is 2.30. The summed E-state index contributed by atoms with van der Waals surface area (Å²) in [6, 6.07) is 19.5. The molecule has 0 spiro atoms. The van der Waals surface area contributed by atoms with Crippen molar-refractivity contribution in [3.63, 3.8) is 0 Å². The van der Waals surface area contributed by atoms with Crippen molar-refractivity contribution in [3.05, 3.63) is 81.9 Å². The van der Waals surface area contributed by atoms with Crippen LogP contribution in [0.3, 0.4) is 0 Å². The number of nitro groups is 1. The third-order valence-corrected chi connectivity index (χ3v) is 5.93. The summed E-state index contributed by atoms with van der Waals surface area (Å²) in [5, 5.41) is 14.8. The Hall–Kier alpha value is -3.27. The Balaban J connectivity index is 1.84. The first kappa shape index (κ1) is 16.9.